The molecule has 2 rings (SSSR count). The topological polar surface area (TPSA) is 60.0 Å². The average molecular weight is 256 g/mol. The zero-order valence-corrected chi connectivity index (χ0v) is 10.5. The molecular formula is C12H20N2O4. The van der Waals surface area contributed by atoms with Crippen LogP contribution in [0, 0.1) is 0 Å². The SMILES string of the molecule is C=CCOC(=O)N1CCO[C@@]2(CNCCOC2)C1. The highest BCUT2D eigenvalue weighted by Gasteiger charge is 2.39. The second kappa shape index (κ2) is 6.17. The smallest absolute Gasteiger partial charge is 0.410 e. The normalized spacial score (nSPS) is 28.8. The molecule has 0 saturated carbocycles. The molecule has 0 aliphatic carbocycles. The molecule has 0 aromatic heterocycles. The molecule has 2 aliphatic heterocycles. The van der Waals surface area contributed by atoms with Crippen LogP contribution < -0.4 is 5.32 Å². The first-order valence-corrected chi connectivity index (χ1v) is 6.21. The number of ether oxygens (including phenoxy) is 3. The van der Waals surface area contributed by atoms with Crippen LogP contribution in [0.25, 0.3) is 0 Å². The van der Waals surface area contributed by atoms with E-state index in [1.54, 1.807) is 11.0 Å². The third kappa shape index (κ3) is 3.22. The van der Waals surface area contributed by atoms with Crippen molar-refractivity contribution in [3.8, 4) is 0 Å². The van der Waals surface area contributed by atoms with Crippen LogP contribution in [0.15, 0.2) is 12.7 Å². The summed E-state index contributed by atoms with van der Waals surface area (Å²) >= 11 is 0. The van der Waals surface area contributed by atoms with Crippen LogP contribution in [0.2, 0.25) is 0 Å². The number of hydrogen-bond donors (Lipinski definition) is 1. The molecule has 18 heavy (non-hydrogen) atoms. The molecule has 2 fully saturated rings. The van der Waals surface area contributed by atoms with Crippen LogP contribution in [0.1, 0.15) is 0 Å². The van der Waals surface area contributed by atoms with E-state index >= 15 is 0 Å². The molecule has 0 unspecified atom stereocenters. The summed E-state index contributed by atoms with van der Waals surface area (Å²) in [7, 11) is 0. The molecule has 0 aromatic carbocycles. The first kappa shape index (κ1) is 13.3. The number of carbonyl (C=O) groups is 1. The van der Waals surface area contributed by atoms with Gasteiger partial charge in [-0.2, -0.15) is 0 Å². The van der Waals surface area contributed by atoms with Crippen LogP contribution >= 0.6 is 0 Å². The molecule has 2 aliphatic rings. The number of nitrogens with zero attached hydrogens (tertiary/aromatic N) is 1. The van der Waals surface area contributed by atoms with E-state index < -0.39 is 5.60 Å². The van der Waals surface area contributed by atoms with E-state index in [2.05, 4.69) is 11.9 Å². The lowest BCUT2D eigenvalue weighted by Crippen LogP contribution is -2.59. The van der Waals surface area contributed by atoms with E-state index in [0.717, 1.165) is 6.54 Å². The van der Waals surface area contributed by atoms with Crippen molar-refractivity contribution < 1.29 is 19.0 Å². The summed E-state index contributed by atoms with van der Waals surface area (Å²) in [5, 5.41) is 3.27. The van der Waals surface area contributed by atoms with Crippen molar-refractivity contribution in [1.82, 2.24) is 10.2 Å². The number of carbonyl (C=O) groups excluding carboxylic acids is 1. The van der Waals surface area contributed by atoms with E-state index in [9.17, 15) is 4.79 Å². The van der Waals surface area contributed by atoms with Gasteiger partial charge in [-0.05, 0) is 0 Å². The minimum Gasteiger partial charge on any atom is -0.445 e. The zero-order valence-electron chi connectivity index (χ0n) is 10.5. The first-order chi connectivity index (χ1) is 8.76. The fourth-order valence-corrected chi connectivity index (χ4v) is 2.19. The molecular weight excluding hydrogens is 236 g/mol. The van der Waals surface area contributed by atoms with Gasteiger partial charge in [-0.1, -0.05) is 12.7 Å². The van der Waals surface area contributed by atoms with E-state index in [1.807, 2.05) is 0 Å². The number of amides is 1. The zero-order chi connectivity index (χ0) is 12.8. The Labute approximate surface area is 107 Å². The minimum atomic E-state index is -0.443. The van der Waals surface area contributed by atoms with Gasteiger partial charge in [-0.25, -0.2) is 4.79 Å². The molecule has 0 bridgehead atoms. The highest BCUT2D eigenvalue weighted by molar-refractivity contribution is 5.68. The van der Waals surface area contributed by atoms with Gasteiger partial charge in [-0.15, -0.1) is 0 Å². The number of rotatable bonds is 2. The monoisotopic (exact) mass is 256 g/mol. The van der Waals surface area contributed by atoms with E-state index in [1.165, 1.54) is 0 Å². The summed E-state index contributed by atoms with van der Waals surface area (Å²) in [4.78, 5) is 13.5. The Morgan fingerprint density at radius 1 is 1.56 bits per heavy atom. The Morgan fingerprint density at radius 2 is 2.44 bits per heavy atom. The summed E-state index contributed by atoms with van der Waals surface area (Å²) in [5.41, 5.74) is -0.443. The second-order valence-corrected chi connectivity index (χ2v) is 4.55. The van der Waals surface area contributed by atoms with Crippen molar-refractivity contribution >= 4 is 6.09 Å². The Morgan fingerprint density at radius 3 is 3.28 bits per heavy atom. The summed E-state index contributed by atoms with van der Waals surface area (Å²) in [6.45, 7) is 8.00. The molecule has 1 atom stereocenters. The fraction of sp³-hybridized carbons (Fsp3) is 0.750. The van der Waals surface area contributed by atoms with Crippen molar-refractivity contribution in [3.05, 3.63) is 12.7 Å². The molecule has 0 aromatic rings. The van der Waals surface area contributed by atoms with Gasteiger partial charge in [0.15, 0.2) is 0 Å². The predicted molar refractivity (Wildman–Crippen MR) is 65.5 cm³/mol. The maximum absolute atomic E-state index is 11.8. The standard InChI is InChI=1S/C12H20N2O4/c1-2-5-17-11(15)14-4-7-18-12(9-14)8-13-3-6-16-10-12/h2,13H,1,3-10H2/t12-/m0/s1. The van der Waals surface area contributed by atoms with E-state index in [0.29, 0.717) is 39.5 Å². The van der Waals surface area contributed by atoms with Gasteiger partial charge in [0.25, 0.3) is 0 Å². The van der Waals surface area contributed by atoms with Crippen molar-refractivity contribution in [2.24, 2.45) is 0 Å². The first-order valence-electron chi connectivity index (χ1n) is 6.21. The lowest BCUT2D eigenvalue weighted by molar-refractivity contribution is -0.128. The Balaban J connectivity index is 1.94. The number of morpholine rings is 1. The molecule has 6 heteroatoms. The molecule has 6 nitrogen and oxygen atoms in total. The number of nitrogens with one attached hydrogen (secondary N) is 1. The van der Waals surface area contributed by atoms with Gasteiger partial charge >= 0.3 is 6.09 Å². The fourth-order valence-electron chi connectivity index (χ4n) is 2.19. The summed E-state index contributed by atoms with van der Waals surface area (Å²) in [6.07, 6.45) is 1.24. The third-order valence-electron chi connectivity index (χ3n) is 3.07. The summed E-state index contributed by atoms with van der Waals surface area (Å²) in [5.74, 6) is 0. The van der Waals surface area contributed by atoms with Gasteiger partial charge in [-0.3, -0.25) is 0 Å². The maximum Gasteiger partial charge on any atom is 0.410 e. The highest BCUT2D eigenvalue weighted by atomic mass is 16.6. The van der Waals surface area contributed by atoms with Crippen LogP contribution in [-0.4, -0.2) is 69.2 Å². The van der Waals surface area contributed by atoms with Crippen LogP contribution in [-0.2, 0) is 14.2 Å². The maximum atomic E-state index is 11.8. The summed E-state index contributed by atoms with van der Waals surface area (Å²) < 4.78 is 16.4. The molecule has 2 saturated heterocycles. The lowest BCUT2D eigenvalue weighted by Gasteiger charge is -2.41. The minimum absolute atomic E-state index is 0.234. The predicted octanol–water partition coefficient (Wildman–Crippen LogP) is -0.000200. The molecule has 1 spiro atoms. The highest BCUT2D eigenvalue weighted by Crippen LogP contribution is 2.20. The lowest BCUT2D eigenvalue weighted by atomic mass is 10.0. The molecule has 0 radical (unpaired) electrons. The number of hydrogen-bond acceptors (Lipinski definition) is 5. The second-order valence-electron chi connectivity index (χ2n) is 4.55. The van der Waals surface area contributed by atoms with Crippen LogP contribution in [0.3, 0.4) is 0 Å². The Hall–Kier alpha value is -1.11. The Bertz CT molecular complexity index is 300. The van der Waals surface area contributed by atoms with E-state index in [-0.39, 0.29) is 12.7 Å². The largest absolute Gasteiger partial charge is 0.445 e. The van der Waals surface area contributed by atoms with E-state index in [4.69, 9.17) is 14.2 Å². The quantitative estimate of drug-likeness (QED) is 0.705. The van der Waals surface area contributed by atoms with Crippen molar-refractivity contribution in [2.75, 3.05) is 52.6 Å². The van der Waals surface area contributed by atoms with Gasteiger partial charge < -0.3 is 24.4 Å². The van der Waals surface area contributed by atoms with Crippen LogP contribution in [0.5, 0.6) is 0 Å². The molecule has 1 amide bonds. The molecule has 2 heterocycles. The van der Waals surface area contributed by atoms with Gasteiger partial charge in [0, 0.05) is 19.6 Å². The Kier molecular flexibility index (Phi) is 4.57. The van der Waals surface area contributed by atoms with Gasteiger partial charge in [0.2, 0.25) is 0 Å². The van der Waals surface area contributed by atoms with Crippen molar-refractivity contribution in [2.45, 2.75) is 5.60 Å². The van der Waals surface area contributed by atoms with Crippen LogP contribution in [0.4, 0.5) is 4.79 Å². The van der Waals surface area contributed by atoms with Crippen molar-refractivity contribution in [1.29, 1.82) is 0 Å². The van der Waals surface area contributed by atoms with Gasteiger partial charge in [0.1, 0.15) is 12.2 Å². The third-order valence-corrected chi connectivity index (χ3v) is 3.07. The summed E-state index contributed by atoms with van der Waals surface area (Å²) in [6, 6.07) is 0. The van der Waals surface area contributed by atoms with Gasteiger partial charge in [0.05, 0.1) is 26.4 Å². The molecule has 1 N–H and O–H groups in total. The molecule has 102 valence electrons. The average Bonchev–Trinajstić information content (AvgIpc) is 2.62. The van der Waals surface area contributed by atoms with Crippen molar-refractivity contribution in [3.63, 3.8) is 0 Å².